The Kier molecular flexibility index (Phi) is 3.63. The number of nitrogens with zero attached hydrogens (tertiary/aromatic N) is 1. The molecule has 1 aliphatic rings. The van der Waals surface area contributed by atoms with Gasteiger partial charge in [-0.1, -0.05) is 7.43 Å². The summed E-state index contributed by atoms with van der Waals surface area (Å²) < 4.78 is 0. The maximum Gasteiger partial charge on any atom is 0.261 e. The molecule has 0 bridgehead atoms. The van der Waals surface area contributed by atoms with Crippen molar-refractivity contribution in [3.05, 3.63) is 27.8 Å². The minimum atomic E-state index is 0. The van der Waals surface area contributed by atoms with Crippen molar-refractivity contribution in [1.29, 1.82) is 0 Å². The maximum atomic E-state index is 12.2. The lowest BCUT2D eigenvalue weighted by Crippen LogP contribution is -2.24. The minimum absolute atomic E-state index is 0. The van der Waals surface area contributed by atoms with Crippen LogP contribution in [-0.4, -0.2) is 16.9 Å². The zero-order chi connectivity index (χ0) is 12.9. The Bertz CT molecular complexity index is 641. The lowest BCUT2D eigenvalue weighted by molar-refractivity contribution is 0.0954. The fourth-order valence-electron chi connectivity index (χ4n) is 2.31. The van der Waals surface area contributed by atoms with Gasteiger partial charge in [-0.3, -0.25) is 4.79 Å². The number of amides is 1. The number of nitrogens with one attached hydrogen (secondary N) is 1. The van der Waals surface area contributed by atoms with E-state index >= 15 is 0 Å². The van der Waals surface area contributed by atoms with E-state index in [-0.39, 0.29) is 13.3 Å². The van der Waals surface area contributed by atoms with Gasteiger partial charge < -0.3 is 5.32 Å². The first kappa shape index (κ1) is 14.0. The van der Waals surface area contributed by atoms with Gasteiger partial charge >= 0.3 is 0 Å². The molecule has 1 saturated carbocycles. The summed E-state index contributed by atoms with van der Waals surface area (Å²) in [4.78, 5) is 18.5. The lowest BCUT2D eigenvalue weighted by Gasteiger charge is -2.02. The van der Waals surface area contributed by atoms with Gasteiger partial charge in [0.25, 0.3) is 5.91 Å². The Morgan fingerprint density at radius 2 is 2.05 bits per heavy atom. The molecule has 3 rings (SSSR count). The fraction of sp³-hybridized carbons (Fsp3) is 0.467. The highest BCUT2D eigenvalue weighted by Gasteiger charge is 2.26. The summed E-state index contributed by atoms with van der Waals surface area (Å²) in [6.45, 7) is 6.09. The van der Waals surface area contributed by atoms with Crippen molar-refractivity contribution < 1.29 is 4.79 Å². The predicted octanol–water partition coefficient (Wildman–Crippen LogP) is 3.75. The topological polar surface area (TPSA) is 42.0 Å². The van der Waals surface area contributed by atoms with Gasteiger partial charge in [0, 0.05) is 17.1 Å². The van der Waals surface area contributed by atoms with Crippen LogP contribution in [0.2, 0.25) is 0 Å². The van der Waals surface area contributed by atoms with Crippen LogP contribution in [0.25, 0.3) is 10.2 Å². The number of hydrogen-bond acceptors (Lipinski definition) is 3. The third-order valence-electron chi connectivity index (χ3n) is 3.34. The number of pyridine rings is 1. The van der Waals surface area contributed by atoms with E-state index in [0.29, 0.717) is 6.04 Å². The molecule has 0 aliphatic heterocycles. The van der Waals surface area contributed by atoms with Gasteiger partial charge in [0.1, 0.15) is 4.83 Å². The van der Waals surface area contributed by atoms with Crippen LogP contribution < -0.4 is 5.32 Å². The van der Waals surface area contributed by atoms with Gasteiger partial charge in [-0.25, -0.2) is 4.98 Å². The van der Waals surface area contributed by atoms with E-state index in [0.717, 1.165) is 39.2 Å². The van der Waals surface area contributed by atoms with Gasteiger partial charge in [-0.15, -0.1) is 11.3 Å². The Morgan fingerprint density at radius 1 is 1.37 bits per heavy atom. The van der Waals surface area contributed by atoms with E-state index in [9.17, 15) is 4.79 Å². The van der Waals surface area contributed by atoms with E-state index in [1.165, 1.54) is 16.9 Å². The fourth-order valence-corrected chi connectivity index (χ4v) is 3.52. The van der Waals surface area contributed by atoms with Crippen molar-refractivity contribution >= 4 is 27.5 Å². The largest absolute Gasteiger partial charge is 0.349 e. The Morgan fingerprint density at radius 3 is 2.68 bits per heavy atom. The quantitative estimate of drug-likeness (QED) is 0.907. The smallest absolute Gasteiger partial charge is 0.261 e. The number of hydrogen-bond donors (Lipinski definition) is 1. The molecular weight excluding hydrogens is 256 g/mol. The highest BCUT2D eigenvalue weighted by Crippen LogP contribution is 2.32. The molecule has 2 aromatic heterocycles. The van der Waals surface area contributed by atoms with Crippen LogP contribution >= 0.6 is 11.3 Å². The summed E-state index contributed by atoms with van der Waals surface area (Å²) in [5.74, 6) is 0.0649. The molecule has 0 radical (unpaired) electrons. The van der Waals surface area contributed by atoms with Crippen LogP contribution in [0.5, 0.6) is 0 Å². The molecule has 4 heteroatoms. The number of carbonyl (C=O) groups is 1. The van der Waals surface area contributed by atoms with E-state index in [2.05, 4.69) is 23.3 Å². The van der Waals surface area contributed by atoms with Crippen molar-refractivity contribution in [3.8, 4) is 0 Å². The molecule has 0 atom stereocenters. The summed E-state index contributed by atoms with van der Waals surface area (Å²) in [6, 6.07) is 2.47. The second-order valence-electron chi connectivity index (χ2n) is 5.06. The number of fused-ring (bicyclic) bond motifs is 1. The van der Waals surface area contributed by atoms with E-state index in [4.69, 9.17) is 0 Å². The Balaban J connectivity index is 0.00000133. The highest BCUT2D eigenvalue weighted by molar-refractivity contribution is 7.20. The molecule has 0 unspecified atom stereocenters. The van der Waals surface area contributed by atoms with Crippen LogP contribution in [0.3, 0.4) is 0 Å². The minimum Gasteiger partial charge on any atom is -0.349 e. The van der Waals surface area contributed by atoms with Crippen molar-refractivity contribution in [2.24, 2.45) is 0 Å². The molecular formula is C15H20N2OS. The predicted molar refractivity (Wildman–Crippen MR) is 81.1 cm³/mol. The van der Waals surface area contributed by atoms with Crippen molar-refractivity contribution in [2.45, 2.75) is 47.1 Å². The van der Waals surface area contributed by atoms with Crippen molar-refractivity contribution in [1.82, 2.24) is 10.3 Å². The van der Waals surface area contributed by atoms with E-state index < -0.39 is 0 Å². The first-order chi connectivity index (χ1) is 8.56. The Labute approximate surface area is 118 Å². The molecule has 1 aliphatic carbocycles. The van der Waals surface area contributed by atoms with E-state index in [1.54, 1.807) is 0 Å². The van der Waals surface area contributed by atoms with Crippen molar-refractivity contribution in [2.75, 3.05) is 0 Å². The lowest BCUT2D eigenvalue weighted by atomic mass is 10.1. The third kappa shape index (κ3) is 2.50. The summed E-state index contributed by atoms with van der Waals surface area (Å²) >= 11 is 1.51. The van der Waals surface area contributed by atoms with Crippen LogP contribution in [0.1, 0.15) is 46.8 Å². The van der Waals surface area contributed by atoms with Crippen LogP contribution in [-0.2, 0) is 0 Å². The molecule has 2 heterocycles. The highest BCUT2D eigenvalue weighted by atomic mass is 32.1. The molecule has 0 saturated heterocycles. The zero-order valence-corrected chi connectivity index (χ0v) is 11.6. The number of aryl methyl sites for hydroxylation is 3. The van der Waals surface area contributed by atoms with Gasteiger partial charge in [0.2, 0.25) is 0 Å². The molecule has 0 spiro atoms. The number of thiophene rings is 1. The normalized spacial score (nSPS) is 14.3. The second-order valence-corrected chi connectivity index (χ2v) is 6.06. The molecule has 3 nitrogen and oxygen atoms in total. The zero-order valence-electron chi connectivity index (χ0n) is 10.8. The molecule has 2 aromatic rings. The first-order valence-corrected chi connectivity index (χ1v) is 7.06. The summed E-state index contributed by atoms with van der Waals surface area (Å²) in [6.07, 6.45) is 2.23. The number of rotatable bonds is 2. The molecule has 1 amide bonds. The number of aromatic nitrogens is 1. The SMILES string of the molecule is C.Cc1cc(C)c2c(C)c(C(=O)NC3CC3)sc2n1. The van der Waals surface area contributed by atoms with Gasteiger partial charge in [-0.05, 0) is 50.8 Å². The molecule has 19 heavy (non-hydrogen) atoms. The second kappa shape index (κ2) is 4.93. The van der Waals surface area contributed by atoms with Crippen LogP contribution in [0, 0.1) is 20.8 Å². The van der Waals surface area contributed by atoms with Gasteiger partial charge in [0.05, 0.1) is 4.88 Å². The average molecular weight is 276 g/mol. The maximum absolute atomic E-state index is 12.2. The summed E-state index contributed by atoms with van der Waals surface area (Å²) in [7, 11) is 0. The molecule has 102 valence electrons. The molecule has 1 fully saturated rings. The molecule has 0 aromatic carbocycles. The van der Waals surface area contributed by atoms with Gasteiger partial charge in [-0.2, -0.15) is 0 Å². The summed E-state index contributed by atoms with van der Waals surface area (Å²) in [5.41, 5.74) is 3.28. The monoisotopic (exact) mass is 276 g/mol. The van der Waals surface area contributed by atoms with Crippen molar-refractivity contribution in [3.63, 3.8) is 0 Å². The first-order valence-electron chi connectivity index (χ1n) is 6.24. The average Bonchev–Trinajstić information content (AvgIpc) is 3.02. The molecule has 1 N–H and O–H groups in total. The van der Waals surface area contributed by atoms with Gasteiger partial charge in [0.15, 0.2) is 0 Å². The third-order valence-corrected chi connectivity index (χ3v) is 4.53. The standard InChI is InChI=1S/C14H16N2OS.CH4/c1-7-6-8(2)15-14-11(7)9(3)12(18-14)13(17)16-10-4-5-10;/h6,10H,4-5H2,1-3H3,(H,16,17);1H4. The summed E-state index contributed by atoms with van der Waals surface area (Å²) in [5, 5.41) is 4.19. The number of carbonyl (C=O) groups excluding carboxylic acids is 1. The Hall–Kier alpha value is -1.42. The van der Waals surface area contributed by atoms with E-state index in [1.807, 2.05) is 13.8 Å². The van der Waals surface area contributed by atoms with Crippen LogP contribution in [0.15, 0.2) is 6.07 Å². The van der Waals surface area contributed by atoms with Crippen LogP contribution in [0.4, 0.5) is 0 Å².